The van der Waals surface area contributed by atoms with Crippen LogP contribution in [-0.2, 0) is 6.42 Å². The van der Waals surface area contributed by atoms with Gasteiger partial charge in [-0.05, 0) is 12.1 Å². The van der Waals surface area contributed by atoms with Crippen LogP contribution < -0.4 is 4.74 Å². The van der Waals surface area contributed by atoms with Crippen molar-refractivity contribution in [1.29, 1.82) is 5.26 Å². The molecule has 0 aliphatic heterocycles. The molecule has 0 amide bonds. The Morgan fingerprint density at radius 3 is 2.79 bits per heavy atom. The fourth-order valence-electron chi connectivity index (χ4n) is 0.848. The number of pyridine rings is 1. The van der Waals surface area contributed by atoms with Gasteiger partial charge in [-0.25, -0.2) is 0 Å². The number of halogens is 3. The molecule has 0 bridgehead atoms. The molecule has 0 radical (unpaired) electrons. The van der Waals surface area contributed by atoms with E-state index in [0.29, 0.717) is 0 Å². The Morgan fingerprint density at radius 1 is 1.50 bits per heavy atom. The predicted octanol–water partition coefficient (Wildman–Crippen LogP) is 2.05. The number of nitriles is 1. The highest BCUT2D eigenvalue weighted by Crippen LogP contribution is 2.24. The molecule has 14 heavy (non-hydrogen) atoms. The molecule has 0 saturated carbocycles. The van der Waals surface area contributed by atoms with Crippen molar-refractivity contribution in [3.8, 4) is 11.8 Å². The second-order valence-electron chi connectivity index (χ2n) is 2.33. The number of hydrogen-bond acceptors (Lipinski definition) is 3. The Bertz CT molecular complexity index is 356. The molecule has 0 aromatic carbocycles. The third-order valence-electron chi connectivity index (χ3n) is 1.32. The van der Waals surface area contributed by atoms with Crippen molar-refractivity contribution in [2.24, 2.45) is 0 Å². The Morgan fingerprint density at radius 2 is 2.21 bits per heavy atom. The molecule has 0 spiro atoms. The fraction of sp³-hybridized carbons (Fsp3) is 0.250. The van der Waals surface area contributed by atoms with Gasteiger partial charge in [0.2, 0.25) is 0 Å². The molecule has 0 atom stereocenters. The van der Waals surface area contributed by atoms with Gasteiger partial charge in [-0.15, -0.1) is 13.2 Å². The molecule has 1 aromatic rings. The van der Waals surface area contributed by atoms with Crippen molar-refractivity contribution in [2.45, 2.75) is 12.8 Å². The van der Waals surface area contributed by atoms with Gasteiger partial charge in [-0.2, -0.15) is 5.26 Å². The minimum atomic E-state index is -4.76. The number of nitrogens with zero attached hydrogens (tertiary/aromatic N) is 2. The summed E-state index contributed by atoms with van der Waals surface area (Å²) in [5, 5.41) is 8.32. The summed E-state index contributed by atoms with van der Waals surface area (Å²) in [6.45, 7) is 0. The van der Waals surface area contributed by atoms with E-state index in [1.807, 2.05) is 0 Å². The van der Waals surface area contributed by atoms with Crippen molar-refractivity contribution in [2.75, 3.05) is 0 Å². The van der Waals surface area contributed by atoms with Crippen molar-refractivity contribution >= 4 is 0 Å². The van der Waals surface area contributed by atoms with E-state index in [9.17, 15) is 13.2 Å². The maximum absolute atomic E-state index is 11.8. The van der Waals surface area contributed by atoms with Crippen LogP contribution in [-0.4, -0.2) is 11.3 Å². The highest BCUT2D eigenvalue weighted by molar-refractivity contribution is 5.28. The van der Waals surface area contributed by atoms with Crippen LogP contribution in [0.4, 0.5) is 13.2 Å². The van der Waals surface area contributed by atoms with Gasteiger partial charge < -0.3 is 4.74 Å². The Kier molecular flexibility index (Phi) is 2.92. The van der Waals surface area contributed by atoms with E-state index < -0.39 is 12.1 Å². The highest BCUT2D eigenvalue weighted by atomic mass is 19.4. The summed E-state index contributed by atoms with van der Waals surface area (Å²) >= 11 is 0. The van der Waals surface area contributed by atoms with Crippen LogP contribution in [0.3, 0.4) is 0 Å². The second-order valence-corrected chi connectivity index (χ2v) is 2.33. The lowest BCUT2D eigenvalue weighted by atomic mass is 10.2. The molecule has 0 fully saturated rings. The van der Waals surface area contributed by atoms with E-state index >= 15 is 0 Å². The first-order valence-corrected chi connectivity index (χ1v) is 3.59. The van der Waals surface area contributed by atoms with Gasteiger partial charge in [0.05, 0.1) is 18.2 Å². The van der Waals surface area contributed by atoms with Gasteiger partial charge in [0.25, 0.3) is 0 Å². The monoisotopic (exact) mass is 202 g/mol. The van der Waals surface area contributed by atoms with E-state index in [-0.39, 0.29) is 12.1 Å². The lowest BCUT2D eigenvalue weighted by molar-refractivity contribution is -0.275. The van der Waals surface area contributed by atoms with Gasteiger partial charge in [0, 0.05) is 6.20 Å². The lowest BCUT2D eigenvalue weighted by Gasteiger charge is -2.10. The summed E-state index contributed by atoms with van der Waals surface area (Å²) in [7, 11) is 0. The summed E-state index contributed by atoms with van der Waals surface area (Å²) in [6, 6.07) is 4.13. The van der Waals surface area contributed by atoms with Gasteiger partial charge in [0.15, 0.2) is 5.75 Å². The maximum Gasteiger partial charge on any atom is 0.573 e. The predicted molar refractivity (Wildman–Crippen MR) is 40.2 cm³/mol. The van der Waals surface area contributed by atoms with Crippen LogP contribution in [0.15, 0.2) is 18.3 Å². The Balaban J connectivity index is 2.91. The second kappa shape index (κ2) is 3.96. The molecule has 6 heteroatoms. The van der Waals surface area contributed by atoms with Crippen LogP contribution in [0.1, 0.15) is 5.69 Å². The average molecular weight is 202 g/mol. The van der Waals surface area contributed by atoms with Crippen molar-refractivity contribution in [3.63, 3.8) is 0 Å². The van der Waals surface area contributed by atoms with Crippen LogP contribution in [0, 0.1) is 11.3 Å². The van der Waals surface area contributed by atoms with Crippen LogP contribution in [0.5, 0.6) is 5.75 Å². The van der Waals surface area contributed by atoms with E-state index in [0.717, 1.165) is 6.07 Å². The van der Waals surface area contributed by atoms with Gasteiger partial charge in [0.1, 0.15) is 0 Å². The molecule has 0 saturated heterocycles. The number of alkyl halides is 3. The van der Waals surface area contributed by atoms with Gasteiger partial charge in [-0.1, -0.05) is 0 Å². The Labute approximate surface area is 77.7 Å². The number of hydrogen-bond donors (Lipinski definition) is 0. The first kappa shape index (κ1) is 10.3. The molecule has 0 unspecified atom stereocenters. The smallest absolute Gasteiger partial charge is 0.404 e. The van der Waals surface area contributed by atoms with Crippen molar-refractivity contribution in [3.05, 3.63) is 24.0 Å². The molecule has 0 aliphatic rings. The van der Waals surface area contributed by atoms with Crippen molar-refractivity contribution in [1.82, 2.24) is 4.98 Å². The van der Waals surface area contributed by atoms with Gasteiger partial charge >= 0.3 is 6.36 Å². The van der Waals surface area contributed by atoms with E-state index in [1.54, 1.807) is 6.07 Å². The normalized spacial score (nSPS) is 10.7. The first-order valence-electron chi connectivity index (χ1n) is 3.59. The number of rotatable bonds is 2. The summed E-state index contributed by atoms with van der Waals surface area (Å²) < 4.78 is 39.2. The number of ether oxygens (including phenoxy) is 1. The van der Waals surface area contributed by atoms with E-state index in [4.69, 9.17) is 5.26 Å². The summed E-state index contributed by atoms with van der Waals surface area (Å²) in [5.41, 5.74) is -0.0210. The molecule has 0 aliphatic carbocycles. The van der Waals surface area contributed by atoms with Crippen LogP contribution in [0.2, 0.25) is 0 Å². The van der Waals surface area contributed by atoms with Crippen molar-refractivity contribution < 1.29 is 17.9 Å². The zero-order chi connectivity index (χ0) is 10.6. The standard InChI is InChI=1S/C8H5F3N2O/c9-8(10,11)14-7-2-1-5-13-6(7)3-4-12/h1-2,5H,3H2. The minimum absolute atomic E-state index is 0.0210. The van der Waals surface area contributed by atoms with Gasteiger partial charge in [-0.3, -0.25) is 4.98 Å². The van der Waals surface area contributed by atoms with Crippen LogP contribution >= 0.6 is 0 Å². The number of aromatic nitrogens is 1. The molecule has 74 valence electrons. The third-order valence-corrected chi connectivity index (χ3v) is 1.32. The van der Waals surface area contributed by atoms with Crippen LogP contribution in [0.25, 0.3) is 0 Å². The third kappa shape index (κ3) is 2.94. The molecular formula is C8H5F3N2O. The topological polar surface area (TPSA) is 45.9 Å². The lowest BCUT2D eigenvalue weighted by Crippen LogP contribution is -2.18. The quantitative estimate of drug-likeness (QED) is 0.737. The molecule has 0 N–H and O–H groups in total. The molecule has 3 nitrogen and oxygen atoms in total. The zero-order valence-corrected chi connectivity index (χ0v) is 6.88. The summed E-state index contributed by atoms with van der Waals surface area (Å²) in [6.07, 6.45) is -3.67. The summed E-state index contributed by atoms with van der Waals surface area (Å²) in [4.78, 5) is 3.61. The largest absolute Gasteiger partial charge is 0.573 e. The maximum atomic E-state index is 11.8. The molecule has 1 aromatic heterocycles. The Hall–Kier alpha value is -1.77. The molecular weight excluding hydrogens is 197 g/mol. The fourth-order valence-corrected chi connectivity index (χ4v) is 0.848. The van der Waals surface area contributed by atoms with E-state index in [1.165, 1.54) is 12.3 Å². The molecule has 1 heterocycles. The first-order chi connectivity index (χ1) is 6.53. The van der Waals surface area contributed by atoms with E-state index in [2.05, 4.69) is 9.72 Å². The zero-order valence-electron chi connectivity index (χ0n) is 6.88. The average Bonchev–Trinajstić information content (AvgIpc) is 2.06. The SMILES string of the molecule is N#CCc1ncccc1OC(F)(F)F. The molecule has 1 rings (SSSR count). The minimum Gasteiger partial charge on any atom is -0.404 e. The summed E-state index contributed by atoms with van der Waals surface area (Å²) in [5.74, 6) is -0.429. The highest BCUT2D eigenvalue weighted by Gasteiger charge is 2.32.